The van der Waals surface area contributed by atoms with Crippen molar-refractivity contribution in [3.63, 3.8) is 0 Å². The fourth-order valence-corrected chi connectivity index (χ4v) is 3.82. The molecule has 1 unspecified atom stereocenters. The maximum Gasteiger partial charge on any atom is 0.0533 e. The van der Waals surface area contributed by atoms with E-state index in [0.717, 1.165) is 0 Å². The van der Waals surface area contributed by atoms with E-state index in [2.05, 4.69) is 36.6 Å². The Bertz CT molecular complexity index is 487. The normalized spacial score (nSPS) is 23.4. The topological polar surface area (TPSA) is 12.0 Å². The van der Waals surface area contributed by atoms with Crippen molar-refractivity contribution in [3.05, 3.63) is 46.5 Å². The zero-order valence-corrected chi connectivity index (χ0v) is 12.8. The molecule has 0 bridgehead atoms. The van der Waals surface area contributed by atoms with Gasteiger partial charge in [0.2, 0.25) is 0 Å². The van der Waals surface area contributed by atoms with E-state index in [1.807, 2.05) is 0 Å². The van der Waals surface area contributed by atoms with Crippen molar-refractivity contribution in [1.82, 2.24) is 5.32 Å². The maximum atomic E-state index is 3.56. The second kappa shape index (κ2) is 6.58. The van der Waals surface area contributed by atoms with E-state index in [-0.39, 0.29) is 0 Å². The SMILES string of the molecule is CNC(/C1=C/CCCCCC1)c1ccc2c(c1)CCC2. The molecule has 0 saturated carbocycles. The average molecular weight is 269 g/mol. The lowest BCUT2D eigenvalue weighted by molar-refractivity contribution is 0.573. The summed E-state index contributed by atoms with van der Waals surface area (Å²) in [4.78, 5) is 0. The number of rotatable bonds is 3. The minimum absolute atomic E-state index is 0.430. The van der Waals surface area contributed by atoms with Gasteiger partial charge in [0.1, 0.15) is 0 Å². The van der Waals surface area contributed by atoms with Gasteiger partial charge in [0, 0.05) is 0 Å². The minimum atomic E-state index is 0.430. The largest absolute Gasteiger partial charge is 0.310 e. The number of benzene rings is 1. The summed E-state index contributed by atoms with van der Waals surface area (Å²) < 4.78 is 0. The molecule has 1 atom stereocenters. The quantitative estimate of drug-likeness (QED) is 0.783. The first kappa shape index (κ1) is 13.9. The van der Waals surface area contributed by atoms with E-state index < -0.39 is 0 Å². The molecular weight excluding hydrogens is 242 g/mol. The van der Waals surface area contributed by atoms with E-state index in [0.29, 0.717) is 6.04 Å². The van der Waals surface area contributed by atoms with Crippen LogP contribution in [0.3, 0.4) is 0 Å². The van der Waals surface area contributed by atoms with Gasteiger partial charge in [0.05, 0.1) is 6.04 Å². The highest BCUT2D eigenvalue weighted by Gasteiger charge is 2.18. The van der Waals surface area contributed by atoms with Crippen LogP contribution < -0.4 is 5.32 Å². The molecule has 0 radical (unpaired) electrons. The van der Waals surface area contributed by atoms with Crippen LogP contribution in [0.5, 0.6) is 0 Å². The van der Waals surface area contributed by atoms with Gasteiger partial charge in [-0.2, -0.15) is 0 Å². The summed E-state index contributed by atoms with van der Waals surface area (Å²) in [6.45, 7) is 0. The number of fused-ring (bicyclic) bond motifs is 1. The van der Waals surface area contributed by atoms with Gasteiger partial charge in [-0.15, -0.1) is 0 Å². The van der Waals surface area contributed by atoms with Crippen molar-refractivity contribution in [2.75, 3.05) is 7.05 Å². The number of nitrogens with one attached hydrogen (secondary N) is 1. The summed E-state index contributed by atoms with van der Waals surface area (Å²) in [5.74, 6) is 0. The van der Waals surface area contributed by atoms with Crippen molar-refractivity contribution in [2.24, 2.45) is 0 Å². The van der Waals surface area contributed by atoms with Crippen LogP contribution in [0.1, 0.15) is 67.7 Å². The molecule has 1 aromatic rings. The van der Waals surface area contributed by atoms with Gasteiger partial charge >= 0.3 is 0 Å². The summed E-state index contributed by atoms with van der Waals surface area (Å²) in [5.41, 5.74) is 6.26. The van der Waals surface area contributed by atoms with E-state index in [4.69, 9.17) is 0 Å². The molecule has 0 aliphatic heterocycles. The van der Waals surface area contributed by atoms with Gasteiger partial charge < -0.3 is 5.32 Å². The Kier molecular flexibility index (Phi) is 4.57. The second-order valence-electron chi connectivity index (χ2n) is 6.34. The summed E-state index contributed by atoms with van der Waals surface area (Å²) in [6.07, 6.45) is 14.5. The van der Waals surface area contributed by atoms with E-state index in [1.165, 1.54) is 63.4 Å². The second-order valence-corrected chi connectivity index (χ2v) is 6.34. The monoisotopic (exact) mass is 269 g/mol. The van der Waals surface area contributed by atoms with Crippen LogP contribution in [-0.2, 0) is 12.8 Å². The third-order valence-electron chi connectivity index (χ3n) is 4.94. The van der Waals surface area contributed by atoms with Gasteiger partial charge in [0.25, 0.3) is 0 Å². The summed E-state index contributed by atoms with van der Waals surface area (Å²) in [6, 6.07) is 7.61. The first-order valence-corrected chi connectivity index (χ1v) is 8.36. The minimum Gasteiger partial charge on any atom is -0.310 e. The first-order chi connectivity index (χ1) is 9.88. The molecule has 108 valence electrons. The Hall–Kier alpha value is -1.08. The van der Waals surface area contributed by atoms with Crippen molar-refractivity contribution in [3.8, 4) is 0 Å². The molecule has 0 saturated heterocycles. The van der Waals surface area contributed by atoms with Gasteiger partial charge in [0.15, 0.2) is 0 Å². The Balaban J connectivity index is 1.84. The molecular formula is C19H27N. The highest BCUT2D eigenvalue weighted by atomic mass is 14.9. The predicted octanol–water partition coefficient (Wildman–Crippen LogP) is 4.72. The number of hydrogen-bond acceptors (Lipinski definition) is 1. The van der Waals surface area contributed by atoms with Crippen molar-refractivity contribution >= 4 is 0 Å². The van der Waals surface area contributed by atoms with Crippen molar-refractivity contribution in [2.45, 2.75) is 63.8 Å². The van der Waals surface area contributed by atoms with Crippen molar-refractivity contribution in [1.29, 1.82) is 0 Å². The van der Waals surface area contributed by atoms with Crippen LogP contribution >= 0.6 is 0 Å². The number of likely N-dealkylation sites (N-methyl/N-ethyl adjacent to an activating group) is 1. The molecule has 2 aliphatic rings. The molecule has 0 spiro atoms. The van der Waals surface area contributed by atoms with Crippen molar-refractivity contribution < 1.29 is 0 Å². The number of aryl methyl sites for hydroxylation is 2. The molecule has 0 aromatic heterocycles. The third-order valence-corrected chi connectivity index (χ3v) is 4.94. The molecule has 0 amide bonds. The highest BCUT2D eigenvalue weighted by molar-refractivity contribution is 5.39. The van der Waals surface area contributed by atoms with Crippen LogP contribution in [0.15, 0.2) is 29.8 Å². The Morgan fingerprint density at radius 2 is 1.75 bits per heavy atom. The Labute approximate surface area is 123 Å². The predicted molar refractivity (Wildman–Crippen MR) is 86.1 cm³/mol. The Morgan fingerprint density at radius 3 is 2.65 bits per heavy atom. The molecule has 2 aliphatic carbocycles. The third kappa shape index (κ3) is 2.98. The molecule has 1 N–H and O–H groups in total. The van der Waals surface area contributed by atoms with E-state index in [1.54, 1.807) is 16.7 Å². The van der Waals surface area contributed by atoms with Gasteiger partial charge in [-0.3, -0.25) is 0 Å². The summed E-state index contributed by atoms with van der Waals surface area (Å²) in [5, 5.41) is 3.56. The van der Waals surface area contributed by atoms with Crippen LogP contribution in [0.4, 0.5) is 0 Å². The lowest BCUT2D eigenvalue weighted by Gasteiger charge is -2.23. The molecule has 1 heteroatoms. The van der Waals surface area contributed by atoms with Crippen LogP contribution in [-0.4, -0.2) is 7.05 Å². The molecule has 0 heterocycles. The van der Waals surface area contributed by atoms with E-state index >= 15 is 0 Å². The summed E-state index contributed by atoms with van der Waals surface area (Å²) >= 11 is 0. The standard InChI is InChI=1S/C19H27N/c1-20-19(16-8-5-3-2-4-6-9-16)18-13-12-15-10-7-11-17(15)14-18/h8,12-14,19-20H,2-7,9-11H2,1H3/b16-8+. The van der Waals surface area contributed by atoms with Crippen LogP contribution in [0.25, 0.3) is 0 Å². The fourth-order valence-electron chi connectivity index (χ4n) is 3.82. The van der Waals surface area contributed by atoms with E-state index in [9.17, 15) is 0 Å². The summed E-state index contributed by atoms with van der Waals surface area (Å²) in [7, 11) is 2.11. The van der Waals surface area contributed by atoms with Gasteiger partial charge in [-0.25, -0.2) is 0 Å². The van der Waals surface area contributed by atoms with Crippen LogP contribution in [0, 0.1) is 0 Å². The molecule has 3 rings (SSSR count). The lowest BCUT2D eigenvalue weighted by Crippen LogP contribution is -2.19. The number of hydrogen-bond donors (Lipinski definition) is 1. The molecule has 20 heavy (non-hydrogen) atoms. The van der Waals surface area contributed by atoms with Gasteiger partial charge in [-0.05, 0) is 68.7 Å². The first-order valence-electron chi connectivity index (χ1n) is 8.36. The number of allylic oxidation sites excluding steroid dienone is 1. The fraction of sp³-hybridized carbons (Fsp3) is 0.579. The average Bonchev–Trinajstić information content (AvgIpc) is 2.89. The lowest BCUT2D eigenvalue weighted by atomic mass is 9.90. The van der Waals surface area contributed by atoms with Gasteiger partial charge in [-0.1, -0.05) is 42.7 Å². The van der Waals surface area contributed by atoms with Crippen LogP contribution in [0.2, 0.25) is 0 Å². The molecule has 1 nitrogen and oxygen atoms in total. The zero-order valence-electron chi connectivity index (χ0n) is 12.8. The maximum absolute atomic E-state index is 3.56. The highest BCUT2D eigenvalue weighted by Crippen LogP contribution is 2.31. The smallest absolute Gasteiger partial charge is 0.0533 e. The Morgan fingerprint density at radius 1 is 0.900 bits per heavy atom. The molecule has 1 aromatic carbocycles. The molecule has 0 fully saturated rings. The zero-order chi connectivity index (χ0) is 13.8.